The van der Waals surface area contributed by atoms with Crippen molar-refractivity contribution in [3.63, 3.8) is 0 Å². The summed E-state index contributed by atoms with van der Waals surface area (Å²) >= 11 is 5.76. The van der Waals surface area contributed by atoms with Gasteiger partial charge in [-0.2, -0.15) is 13.2 Å². The summed E-state index contributed by atoms with van der Waals surface area (Å²) in [6, 6.07) is 9.62. The fraction of sp³-hybridized carbons (Fsp3) is 0.222. The molecule has 0 heterocycles. The van der Waals surface area contributed by atoms with Crippen molar-refractivity contribution in [3.05, 3.63) is 70.2 Å². The summed E-state index contributed by atoms with van der Waals surface area (Å²) in [6.07, 6.45) is -4.83. The lowest BCUT2D eigenvalue weighted by Gasteiger charge is -2.15. The molecule has 0 saturated heterocycles. The zero-order chi connectivity index (χ0) is 19.3. The fourth-order valence-corrected chi connectivity index (χ4v) is 2.47. The van der Waals surface area contributed by atoms with E-state index in [1.54, 1.807) is 24.3 Å². The SMILES string of the molecule is O=C(Cc1cccc(C(F)(F)F)c1)N[C@@H](Cc1ccc(Cl)cc1)C(=O)O. The minimum Gasteiger partial charge on any atom is -0.480 e. The Morgan fingerprint density at radius 1 is 1.08 bits per heavy atom. The summed E-state index contributed by atoms with van der Waals surface area (Å²) in [4.78, 5) is 23.4. The van der Waals surface area contributed by atoms with Crippen molar-refractivity contribution < 1.29 is 27.9 Å². The highest BCUT2D eigenvalue weighted by Gasteiger charge is 2.30. The van der Waals surface area contributed by atoms with E-state index < -0.39 is 29.7 Å². The number of hydrogen-bond donors (Lipinski definition) is 2. The van der Waals surface area contributed by atoms with Gasteiger partial charge in [0.25, 0.3) is 0 Å². The average molecular weight is 386 g/mol. The molecule has 2 rings (SSSR count). The predicted molar refractivity (Wildman–Crippen MR) is 89.9 cm³/mol. The summed E-state index contributed by atoms with van der Waals surface area (Å²) < 4.78 is 38.1. The minimum absolute atomic E-state index is 0.0286. The number of carbonyl (C=O) groups is 2. The zero-order valence-corrected chi connectivity index (χ0v) is 14.1. The van der Waals surface area contributed by atoms with Crippen LogP contribution in [0.2, 0.25) is 5.02 Å². The summed E-state index contributed by atoms with van der Waals surface area (Å²) in [5.41, 5.74) is -0.0622. The van der Waals surface area contributed by atoms with E-state index in [0.717, 1.165) is 12.1 Å². The fourth-order valence-electron chi connectivity index (χ4n) is 2.34. The Labute approximate surface area is 152 Å². The van der Waals surface area contributed by atoms with Crippen LogP contribution >= 0.6 is 11.6 Å². The highest BCUT2D eigenvalue weighted by atomic mass is 35.5. The van der Waals surface area contributed by atoms with Crippen molar-refractivity contribution in [2.45, 2.75) is 25.1 Å². The molecule has 138 valence electrons. The summed E-state index contributed by atoms with van der Waals surface area (Å²) in [5, 5.41) is 12.1. The first-order valence-electron chi connectivity index (χ1n) is 7.58. The maximum Gasteiger partial charge on any atom is 0.416 e. The molecular formula is C18H15ClF3NO3. The van der Waals surface area contributed by atoms with Crippen molar-refractivity contribution in [1.82, 2.24) is 5.32 Å². The van der Waals surface area contributed by atoms with Gasteiger partial charge in [0.2, 0.25) is 5.91 Å². The molecule has 0 aliphatic rings. The van der Waals surface area contributed by atoms with E-state index in [1.807, 2.05) is 0 Å². The molecule has 0 saturated carbocycles. The average Bonchev–Trinajstić information content (AvgIpc) is 2.55. The number of carboxylic acid groups (broad SMARTS) is 1. The Morgan fingerprint density at radius 3 is 2.31 bits per heavy atom. The van der Waals surface area contributed by atoms with Crippen LogP contribution in [0.4, 0.5) is 13.2 Å². The van der Waals surface area contributed by atoms with Gasteiger partial charge in [-0.1, -0.05) is 41.9 Å². The van der Waals surface area contributed by atoms with Gasteiger partial charge in [-0.25, -0.2) is 4.79 Å². The number of carbonyl (C=O) groups excluding carboxylic acids is 1. The smallest absolute Gasteiger partial charge is 0.416 e. The van der Waals surface area contributed by atoms with Crippen LogP contribution in [0.1, 0.15) is 16.7 Å². The molecule has 1 atom stereocenters. The molecule has 2 aromatic carbocycles. The lowest BCUT2D eigenvalue weighted by molar-refractivity contribution is -0.141. The lowest BCUT2D eigenvalue weighted by atomic mass is 10.0. The Kier molecular flexibility index (Phi) is 6.26. The van der Waals surface area contributed by atoms with E-state index in [0.29, 0.717) is 10.6 Å². The Hall–Kier alpha value is -2.54. The second-order valence-corrected chi connectivity index (χ2v) is 6.10. The third-order valence-corrected chi connectivity index (χ3v) is 3.86. The van der Waals surface area contributed by atoms with E-state index in [-0.39, 0.29) is 18.4 Å². The van der Waals surface area contributed by atoms with Gasteiger partial charge in [0.05, 0.1) is 12.0 Å². The van der Waals surface area contributed by atoms with Gasteiger partial charge in [0.1, 0.15) is 6.04 Å². The van der Waals surface area contributed by atoms with E-state index in [1.165, 1.54) is 12.1 Å². The van der Waals surface area contributed by atoms with Gasteiger partial charge in [-0.05, 0) is 29.3 Å². The highest BCUT2D eigenvalue weighted by Crippen LogP contribution is 2.29. The Bertz CT molecular complexity index is 791. The standard InChI is InChI=1S/C18H15ClF3NO3/c19-14-6-4-11(5-7-14)9-15(17(25)26)23-16(24)10-12-2-1-3-13(8-12)18(20,21)22/h1-8,15H,9-10H2,(H,23,24)(H,25,26)/t15-/m0/s1. The van der Waals surface area contributed by atoms with Gasteiger partial charge < -0.3 is 10.4 Å². The number of hydrogen-bond acceptors (Lipinski definition) is 2. The normalized spacial score (nSPS) is 12.5. The van der Waals surface area contributed by atoms with Crippen LogP contribution in [0.25, 0.3) is 0 Å². The number of aliphatic carboxylic acids is 1. The summed E-state index contributed by atoms with van der Waals surface area (Å²) in [6.45, 7) is 0. The predicted octanol–water partition coefficient (Wildman–Crippen LogP) is 3.71. The lowest BCUT2D eigenvalue weighted by Crippen LogP contribution is -2.43. The van der Waals surface area contributed by atoms with Crippen LogP contribution in [0, 0.1) is 0 Å². The molecule has 0 bridgehead atoms. The van der Waals surface area contributed by atoms with Crippen molar-refractivity contribution in [2.75, 3.05) is 0 Å². The number of alkyl halides is 3. The number of rotatable bonds is 6. The monoisotopic (exact) mass is 385 g/mol. The van der Waals surface area contributed by atoms with Gasteiger partial charge in [-0.3, -0.25) is 4.79 Å². The van der Waals surface area contributed by atoms with Crippen molar-refractivity contribution in [2.24, 2.45) is 0 Å². The van der Waals surface area contributed by atoms with E-state index in [4.69, 9.17) is 11.6 Å². The molecule has 26 heavy (non-hydrogen) atoms. The quantitative estimate of drug-likeness (QED) is 0.796. The first kappa shape index (κ1) is 19.8. The molecule has 1 amide bonds. The largest absolute Gasteiger partial charge is 0.480 e. The van der Waals surface area contributed by atoms with E-state index >= 15 is 0 Å². The molecule has 0 aliphatic heterocycles. The molecule has 0 unspecified atom stereocenters. The van der Waals surface area contributed by atoms with Crippen LogP contribution in [-0.4, -0.2) is 23.0 Å². The van der Waals surface area contributed by atoms with Crippen molar-refractivity contribution in [3.8, 4) is 0 Å². The Balaban J connectivity index is 2.04. The molecule has 8 heteroatoms. The second-order valence-electron chi connectivity index (χ2n) is 5.66. The number of amides is 1. The number of benzene rings is 2. The zero-order valence-electron chi connectivity index (χ0n) is 13.4. The van der Waals surface area contributed by atoms with E-state index in [2.05, 4.69) is 5.32 Å². The first-order chi connectivity index (χ1) is 12.1. The van der Waals surface area contributed by atoms with Crippen molar-refractivity contribution in [1.29, 1.82) is 0 Å². The topological polar surface area (TPSA) is 66.4 Å². The van der Waals surface area contributed by atoms with Crippen molar-refractivity contribution >= 4 is 23.5 Å². The van der Waals surface area contributed by atoms with Gasteiger partial charge in [-0.15, -0.1) is 0 Å². The molecule has 0 aliphatic carbocycles. The second kappa shape index (κ2) is 8.23. The van der Waals surface area contributed by atoms with Crippen LogP contribution in [0.5, 0.6) is 0 Å². The molecule has 0 fully saturated rings. The first-order valence-corrected chi connectivity index (χ1v) is 7.95. The number of nitrogens with one attached hydrogen (secondary N) is 1. The third kappa shape index (κ3) is 5.77. The molecule has 2 N–H and O–H groups in total. The maximum atomic E-state index is 12.7. The molecule has 0 radical (unpaired) electrons. The molecular weight excluding hydrogens is 371 g/mol. The minimum atomic E-state index is -4.51. The summed E-state index contributed by atoms with van der Waals surface area (Å²) in [5.74, 6) is -1.91. The van der Waals surface area contributed by atoms with Gasteiger partial charge in [0, 0.05) is 11.4 Å². The molecule has 4 nitrogen and oxygen atoms in total. The maximum absolute atomic E-state index is 12.7. The molecule has 2 aromatic rings. The molecule has 0 spiro atoms. The van der Waals surface area contributed by atoms with Gasteiger partial charge in [0.15, 0.2) is 0 Å². The van der Waals surface area contributed by atoms with E-state index in [9.17, 15) is 27.9 Å². The highest BCUT2D eigenvalue weighted by molar-refractivity contribution is 6.30. The Morgan fingerprint density at radius 2 is 1.73 bits per heavy atom. The van der Waals surface area contributed by atoms with Crippen LogP contribution < -0.4 is 5.32 Å². The third-order valence-electron chi connectivity index (χ3n) is 3.61. The van der Waals surface area contributed by atoms with Crippen LogP contribution in [0.3, 0.4) is 0 Å². The van der Waals surface area contributed by atoms with Gasteiger partial charge >= 0.3 is 12.1 Å². The number of carboxylic acids is 1. The van der Waals surface area contributed by atoms with Crippen LogP contribution in [-0.2, 0) is 28.6 Å². The number of halogens is 4. The summed E-state index contributed by atoms with van der Waals surface area (Å²) in [7, 11) is 0. The molecule has 0 aromatic heterocycles. The van der Waals surface area contributed by atoms with Crippen LogP contribution in [0.15, 0.2) is 48.5 Å².